The summed E-state index contributed by atoms with van der Waals surface area (Å²) < 4.78 is 39.4. The molecule has 2 aromatic heterocycles. The number of aromatic nitrogens is 4. The maximum Gasteiger partial charge on any atom is 0.302 e. The molecule has 0 amide bonds. The number of Topliss-reactive ketones (excluding diaryl/α,β-unsaturated/α-hetero) is 1. The van der Waals surface area contributed by atoms with Gasteiger partial charge in [-0.05, 0) is 20.3 Å². The van der Waals surface area contributed by atoms with Gasteiger partial charge in [0.2, 0.25) is 11.7 Å². The number of H-pyrrole nitrogens is 1. The summed E-state index contributed by atoms with van der Waals surface area (Å²) in [5.41, 5.74) is 0.0151. The first kappa shape index (κ1) is 29.5. The van der Waals surface area contributed by atoms with Crippen molar-refractivity contribution in [3.63, 3.8) is 0 Å². The molecule has 2 aromatic rings. The van der Waals surface area contributed by atoms with Gasteiger partial charge in [0, 0.05) is 38.6 Å². The van der Waals surface area contributed by atoms with Gasteiger partial charge in [-0.25, -0.2) is 9.98 Å². The fourth-order valence-electron chi connectivity index (χ4n) is 3.54. The van der Waals surface area contributed by atoms with Crippen LogP contribution >= 0.6 is 21.6 Å². The second-order valence-corrected chi connectivity index (χ2v) is 12.5. The Morgan fingerprint density at radius 1 is 1.43 bits per heavy atom. The molecule has 1 unspecified atom stereocenters. The number of halogens is 2. The Morgan fingerprint density at radius 2 is 2.16 bits per heavy atom. The molecule has 0 aromatic carbocycles. The fourth-order valence-corrected chi connectivity index (χ4v) is 5.84. The highest BCUT2D eigenvalue weighted by molar-refractivity contribution is 8.77. The predicted molar refractivity (Wildman–Crippen MR) is 139 cm³/mol. The number of fused-ring (bicyclic) bond motifs is 1. The number of nitrogens with one attached hydrogen (secondary N) is 1. The number of nitrogens with zero attached hydrogens (tertiary/aromatic N) is 5. The molecule has 1 aliphatic heterocycles. The van der Waals surface area contributed by atoms with Crippen LogP contribution < -0.4 is 5.56 Å². The van der Waals surface area contributed by atoms with Gasteiger partial charge in [-0.2, -0.15) is 13.8 Å². The number of aromatic amines is 1. The molecule has 11 nitrogen and oxygen atoms in total. The standard InChI is InChI=1S/C22H32F2N6O5S2/c1-21(2,7-6-15(32)22(3,23)24)37-36-12-34-13-8-16(35-14(13)9-31)30-11-25-17-18(30)27-20(28-19(17)33)26-10-29(4)5/h10-11,13-14,16,31H,6-9,12H2,1-5H3,(H,27,28,33)/t13?,14-,16-/m1/s1. The number of hydrogen-bond donors (Lipinski definition) is 2. The summed E-state index contributed by atoms with van der Waals surface area (Å²) in [4.78, 5) is 40.9. The molecule has 0 radical (unpaired) electrons. The van der Waals surface area contributed by atoms with Crippen molar-refractivity contribution >= 4 is 50.8 Å². The van der Waals surface area contributed by atoms with Crippen LogP contribution in [0.2, 0.25) is 0 Å². The average molecular weight is 563 g/mol. The maximum atomic E-state index is 13.1. The summed E-state index contributed by atoms with van der Waals surface area (Å²) in [6.45, 7) is 4.11. The highest BCUT2D eigenvalue weighted by atomic mass is 33.1. The quantitative estimate of drug-likeness (QED) is 0.123. The minimum Gasteiger partial charge on any atom is -0.394 e. The van der Waals surface area contributed by atoms with Gasteiger partial charge in [0.15, 0.2) is 11.2 Å². The lowest BCUT2D eigenvalue weighted by Gasteiger charge is -2.24. The Kier molecular flexibility index (Phi) is 9.72. The number of carbonyl (C=O) groups excluding carboxylic acids is 1. The van der Waals surface area contributed by atoms with Gasteiger partial charge in [-0.15, -0.1) is 0 Å². The Morgan fingerprint density at radius 3 is 2.81 bits per heavy atom. The summed E-state index contributed by atoms with van der Waals surface area (Å²) in [5.74, 6) is -4.00. The van der Waals surface area contributed by atoms with Gasteiger partial charge in [0.1, 0.15) is 18.3 Å². The smallest absolute Gasteiger partial charge is 0.302 e. The number of hydrogen-bond acceptors (Lipinski definition) is 10. The van der Waals surface area contributed by atoms with Crippen molar-refractivity contribution in [2.45, 2.75) is 69.1 Å². The molecule has 15 heteroatoms. The van der Waals surface area contributed by atoms with Gasteiger partial charge in [0.05, 0.1) is 25.4 Å². The summed E-state index contributed by atoms with van der Waals surface area (Å²) in [6.07, 6.45) is 1.86. The highest BCUT2D eigenvalue weighted by Gasteiger charge is 2.38. The largest absolute Gasteiger partial charge is 0.394 e. The SMILES string of the molecule is CN(C)C=Nc1nc2c(ncn2[C@H]2CC(OCSSC(C)(C)CCC(=O)C(C)(F)F)[C@@H](CO)O2)c(=O)[nH]1. The minimum atomic E-state index is -3.32. The topological polar surface area (TPSA) is 135 Å². The Bertz CT molecular complexity index is 1170. The van der Waals surface area contributed by atoms with Crippen LogP contribution in [0.3, 0.4) is 0 Å². The number of aliphatic hydroxyl groups excluding tert-OH is 1. The zero-order valence-corrected chi connectivity index (χ0v) is 22.9. The van der Waals surface area contributed by atoms with Crippen molar-refractivity contribution < 1.29 is 28.2 Å². The molecule has 3 rings (SSSR count). The fraction of sp³-hybridized carbons (Fsp3) is 0.682. The number of ether oxygens (including phenoxy) is 2. The number of ketones is 1. The maximum absolute atomic E-state index is 13.1. The zero-order valence-electron chi connectivity index (χ0n) is 21.3. The number of alkyl halides is 2. The van der Waals surface area contributed by atoms with Crippen LogP contribution in [0.15, 0.2) is 16.1 Å². The second kappa shape index (κ2) is 12.2. The van der Waals surface area contributed by atoms with Crippen molar-refractivity contribution in [1.82, 2.24) is 24.4 Å². The monoisotopic (exact) mass is 562 g/mol. The molecule has 0 bridgehead atoms. The Labute approximate surface area is 220 Å². The molecule has 1 fully saturated rings. The molecule has 37 heavy (non-hydrogen) atoms. The average Bonchev–Trinajstić information content (AvgIpc) is 3.42. The van der Waals surface area contributed by atoms with Gasteiger partial charge in [0.25, 0.3) is 5.56 Å². The summed E-state index contributed by atoms with van der Waals surface area (Å²) >= 11 is 0. The van der Waals surface area contributed by atoms with Gasteiger partial charge in [-0.1, -0.05) is 21.6 Å². The van der Waals surface area contributed by atoms with E-state index in [0.29, 0.717) is 25.4 Å². The molecule has 3 heterocycles. The van der Waals surface area contributed by atoms with E-state index in [1.54, 1.807) is 23.6 Å². The van der Waals surface area contributed by atoms with Crippen molar-refractivity contribution in [3.8, 4) is 0 Å². The van der Waals surface area contributed by atoms with E-state index in [-0.39, 0.29) is 30.4 Å². The summed E-state index contributed by atoms with van der Waals surface area (Å²) in [7, 11) is 6.42. The minimum absolute atomic E-state index is 0.123. The van der Waals surface area contributed by atoms with Crippen LogP contribution in [-0.4, -0.2) is 91.2 Å². The zero-order chi connectivity index (χ0) is 27.4. The lowest BCUT2D eigenvalue weighted by molar-refractivity contribution is -0.140. The number of aliphatic imine (C=N–C) groups is 1. The van der Waals surface area contributed by atoms with E-state index in [1.807, 2.05) is 13.8 Å². The Balaban J connectivity index is 1.59. The van der Waals surface area contributed by atoms with Gasteiger partial charge in [-0.3, -0.25) is 19.1 Å². The van der Waals surface area contributed by atoms with E-state index < -0.39 is 40.4 Å². The second-order valence-electron chi connectivity index (χ2n) is 9.56. The third-order valence-corrected chi connectivity index (χ3v) is 8.56. The molecular formula is C22H32F2N6O5S2. The molecule has 1 aliphatic rings. The predicted octanol–water partition coefficient (Wildman–Crippen LogP) is 3.13. The number of imidazole rings is 1. The van der Waals surface area contributed by atoms with Crippen LogP contribution in [0.1, 0.15) is 46.3 Å². The molecule has 1 saturated heterocycles. The first-order valence-corrected chi connectivity index (χ1v) is 13.9. The molecule has 206 valence electrons. The van der Waals surface area contributed by atoms with Crippen LogP contribution in [0, 0.1) is 0 Å². The third kappa shape index (κ3) is 7.96. The van der Waals surface area contributed by atoms with E-state index >= 15 is 0 Å². The first-order valence-electron chi connectivity index (χ1n) is 11.6. The van der Waals surface area contributed by atoms with Gasteiger partial charge >= 0.3 is 5.92 Å². The van der Waals surface area contributed by atoms with E-state index in [4.69, 9.17) is 9.47 Å². The van der Waals surface area contributed by atoms with Crippen molar-refractivity contribution in [3.05, 3.63) is 16.7 Å². The lowest BCUT2D eigenvalue weighted by atomic mass is 10.0. The van der Waals surface area contributed by atoms with Gasteiger partial charge < -0.3 is 19.5 Å². The normalized spacial score (nSPS) is 20.8. The molecule has 0 spiro atoms. The van der Waals surface area contributed by atoms with Crippen LogP contribution in [0.25, 0.3) is 11.2 Å². The van der Waals surface area contributed by atoms with Crippen LogP contribution in [0.5, 0.6) is 0 Å². The molecular weight excluding hydrogens is 530 g/mol. The molecule has 3 atom stereocenters. The molecule has 0 aliphatic carbocycles. The van der Waals surface area contributed by atoms with E-state index in [2.05, 4.69) is 19.9 Å². The van der Waals surface area contributed by atoms with Crippen molar-refractivity contribution in [1.29, 1.82) is 0 Å². The molecule has 0 saturated carbocycles. The summed E-state index contributed by atoms with van der Waals surface area (Å²) in [6, 6.07) is 0. The van der Waals surface area contributed by atoms with E-state index in [1.165, 1.54) is 34.3 Å². The van der Waals surface area contributed by atoms with Crippen LogP contribution in [0.4, 0.5) is 14.7 Å². The first-order chi connectivity index (χ1) is 17.3. The van der Waals surface area contributed by atoms with Crippen molar-refractivity contribution in [2.24, 2.45) is 4.99 Å². The number of aliphatic hydroxyl groups is 1. The van der Waals surface area contributed by atoms with Crippen molar-refractivity contribution in [2.75, 3.05) is 26.6 Å². The molecule has 2 N–H and O–H groups in total. The number of rotatable bonds is 13. The summed E-state index contributed by atoms with van der Waals surface area (Å²) in [5, 5.41) is 9.82. The van der Waals surface area contributed by atoms with Crippen LogP contribution in [-0.2, 0) is 14.3 Å². The third-order valence-electron chi connectivity index (χ3n) is 5.56. The highest BCUT2D eigenvalue weighted by Crippen LogP contribution is 2.40. The van der Waals surface area contributed by atoms with E-state index in [9.17, 15) is 23.5 Å². The number of carbonyl (C=O) groups is 1. The lowest BCUT2D eigenvalue weighted by Crippen LogP contribution is -2.28. The Hall–Kier alpha value is -2.07. The van der Waals surface area contributed by atoms with E-state index in [0.717, 1.165) is 0 Å².